The SMILES string of the molecule is COc1ccc(CCN(Cc2ccco2)C(=O)CN(C(=O)c2cccc(C(F)(F)F)c2)C(C)C)cc1OC. The van der Waals surface area contributed by atoms with E-state index >= 15 is 0 Å². The van der Waals surface area contributed by atoms with E-state index in [0.717, 1.165) is 17.7 Å². The smallest absolute Gasteiger partial charge is 0.416 e. The highest BCUT2D eigenvalue weighted by molar-refractivity contribution is 5.97. The third-order valence-electron chi connectivity index (χ3n) is 6.02. The fourth-order valence-electron chi connectivity index (χ4n) is 3.91. The average molecular weight is 533 g/mol. The molecule has 10 heteroatoms. The lowest BCUT2D eigenvalue weighted by molar-refractivity contribution is -0.137. The largest absolute Gasteiger partial charge is 0.493 e. The van der Waals surface area contributed by atoms with E-state index in [4.69, 9.17) is 13.9 Å². The second-order valence-electron chi connectivity index (χ2n) is 8.94. The molecule has 0 unspecified atom stereocenters. The number of hydrogen-bond donors (Lipinski definition) is 0. The Kier molecular flexibility index (Phi) is 9.44. The Hall–Kier alpha value is -3.95. The minimum atomic E-state index is -4.58. The van der Waals surface area contributed by atoms with Crippen LogP contribution in [0.3, 0.4) is 0 Å². The zero-order valence-electron chi connectivity index (χ0n) is 21.7. The Bertz CT molecular complexity index is 1230. The van der Waals surface area contributed by atoms with Crippen LogP contribution in [0.5, 0.6) is 11.5 Å². The second-order valence-corrected chi connectivity index (χ2v) is 8.94. The molecule has 0 aliphatic carbocycles. The van der Waals surface area contributed by atoms with E-state index in [1.54, 1.807) is 44.1 Å². The number of carbonyl (C=O) groups is 2. The molecule has 3 aromatic rings. The number of amides is 2. The monoisotopic (exact) mass is 532 g/mol. The van der Waals surface area contributed by atoms with Crippen LogP contribution >= 0.6 is 0 Å². The molecule has 0 aliphatic heterocycles. The molecule has 0 radical (unpaired) electrons. The summed E-state index contributed by atoms with van der Waals surface area (Å²) in [6, 6.07) is 12.7. The van der Waals surface area contributed by atoms with Crippen LogP contribution in [0.2, 0.25) is 0 Å². The Morgan fingerprint density at radius 2 is 1.71 bits per heavy atom. The molecule has 0 fully saturated rings. The molecular formula is C28H31F3N2O5. The molecule has 0 bridgehead atoms. The Labute approximate surface area is 219 Å². The zero-order valence-corrected chi connectivity index (χ0v) is 21.7. The van der Waals surface area contributed by atoms with Gasteiger partial charge in [0.15, 0.2) is 11.5 Å². The van der Waals surface area contributed by atoms with Crippen molar-refractivity contribution in [1.82, 2.24) is 9.80 Å². The number of benzene rings is 2. The van der Waals surface area contributed by atoms with Gasteiger partial charge in [-0.05, 0) is 68.3 Å². The van der Waals surface area contributed by atoms with Gasteiger partial charge in [-0.25, -0.2) is 0 Å². The summed E-state index contributed by atoms with van der Waals surface area (Å²) in [5.41, 5.74) is -0.155. The van der Waals surface area contributed by atoms with E-state index in [0.29, 0.717) is 30.2 Å². The van der Waals surface area contributed by atoms with Gasteiger partial charge in [0.05, 0.1) is 32.6 Å². The van der Waals surface area contributed by atoms with Gasteiger partial charge in [-0.2, -0.15) is 13.2 Å². The van der Waals surface area contributed by atoms with Gasteiger partial charge in [0.2, 0.25) is 5.91 Å². The van der Waals surface area contributed by atoms with Gasteiger partial charge < -0.3 is 23.7 Å². The van der Waals surface area contributed by atoms with Crippen molar-refractivity contribution in [2.75, 3.05) is 27.3 Å². The van der Waals surface area contributed by atoms with Gasteiger partial charge in [-0.3, -0.25) is 9.59 Å². The molecule has 0 aliphatic rings. The van der Waals surface area contributed by atoms with E-state index in [-0.39, 0.29) is 24.6 Å². The van der Waals surface area contributed by atoms with Crippen LogP contribution in [0, 0.1) is 0 Å². The lowest BCUT2D eigenvalue weighted by atomic mass is 10.1. The van der Waals surface area contributed by atoms with Gasteiger partial charge in [0.25, 0.3) is 5.91 Å². The molecule has 7 nitrogen and oxygen atoms in total. The van der Waals surface area contributed by atoms with Crippen LogP contribution in [-0.4, -0.2) is 55.0 Å². The van der Waals surface area contributed by atoms with Crippen molar-refractivity contribution in [2.45, 2.75) is 39.0 Å². The molecule has 0 N–H and O–H groups in total. The first kappa shape index (κ1) is 28.6. The lowest BCUT2D eigenvalue weighted by Crippen LogP contribution is -2.46. The van der Waals surface area contributed by atoms with Crippen molar-refractivity contribution in [3.05, 3.63) is 83.3 Å². The lowest BCUT2D eigenvalue weighted by Gasteiger charge is -2.30. The molecule has 1 heterocycles. The Morgan fingerprint density at radius 1 is 0.974 bits per heavy atom. The van der Waals surface area contributed by atoms with E-state index < -0.39 is 23.7 Å². The fourth-order valence-corrected chi connectivity index (χ4v) is 3.91. The quantitative estimate of drug-likeness (QED) is 0.329. The van der Waals surface area contributed by atoms with E-state index in [1.165, 1.54) is 30.4 Å². The number of methoxy groups -OCH3 is 2. The highest BCUT2D eigenvalue weighted by atomic mass is 19.4. The standard InChI is InChI=1S/C28H31F3N2O5/c1-19(2)33(27(35)21-7-5-8-22(16-21)28(29,30)31)18-26(34)32(17-23-9-6-14-38-23)13-12-20-10-11-24(36-3)25(15-20)37-4/h5-11,14-16,19H,12-13,17-18H2,1-4H3. The van der Waals surface area contributed by atoms with Crippen LogP contribution in [0.15, 0.2) is 65.3 Å². The van der Waals surface area contributed by atoms with E-state index in [9.17, 15) is 22.8 Å². The number of rotatable bonds is 11. The van der Waals surface area contributed by atoms with Gasteiger partial charge in [-0.1, -0.05) is 12.1 Å². The van der Waals surface area contributed by atoms with Crippen molar-refractivity contribution in [1.29, 1.82) is 0 Å². The van der Waals surface area contributed by atoms with Gasteiger partial charge in [0, 0.05) is 18.2 Å². The number of ether oxygens (including phenoxy) is 2. The number of carbonyl (C=O) groups excluding carboxylic acids is 2. The summed E-state index contributed by atoms with van der Waals surface area (Å²) in [6.45, 7) is 3.58. The number of halogens is 3. The summed E-state index contributed by atoms with van der Waals surface area (Å²) in [4.78, 5) is 29.5. The summed E-state index contributed by atoms with van der Waals surface area (Å²) in [5, 5.41) is 0. The zero-order chi connectivity index (χ0) is 27.9. The molecule has 0 saturated heterocycles. The Morgan fingerprint density at radius 3 is 2.32 bits per heavy atom. The predicted molar refractivity (Wildman–Crippen MR) is 135 cm³/mol. The molecular weight excluding hydrogens is 501 g/mol. The van der Waals surface area contributed by atoms with Crippen molar-refractivity contribution in [3.8, 4) is 11.5 Å². The molecule has 204 valence electrons. The van der Waals surface area contributed by atoms with E-state index in [1.807, 2.05) is 12.1 Å². The predicted octanol–water partition coefficient (Wildman–Crippen LogP) is 5.44. The number of nitrogens with zero attached hydrogens (tertiary/aromatic N) is 2. The summed E-state index contributed by atoms with van der Waals surface area (Å²) < 4.78 is 55.6. The molecule has 1 aromatic heterocycles. The first-order chi connectivity index (χ1) is 18.0. The highest BCUT2D eigenvalue weighted by Crippen LogP contribution is 2.30. The van der Waals surface area contributed by atoms with Crippen LogP contribution in [0.4, 0.5) is 13.2 Å². The summed E-state index contributed by atoms with van der Waals surface area (Å²) in [6.07, 6.45) is -2.60. The molecule has 0 atom stereocenters. The number of furan rings is 1. The second kappa shape index (κ2) is 12.5. The first-order valence-corrected chi connectivity index (χ1v) is 12.0. The Balaban J connectivity index is 1.80. The third-order valence-corrected chi connectivity index (χ3v) is 6.02. The number of alkyl halides is 3. The van der Waals surface area contributed by atoms with Gasteiger partial charge in [-0.15, -0.1) is 0 Å². The highest BCUT2D eigenvalue weighted by Gasteiger charge is 2.32. The maximum Gasteiger partial charge on any atom is 0.416 e. The van der Waals surface area contributed by atoms with E-state index in [2.05, 4.69) is 0 Å². The average Bonchev–Trinajstić information content (AvgIpc) is 3.41. The topological polar surface area (TPSA) is 72.2 Å². The van der Waals surface area contributed by atoms with Crippen LogP contribution in [-0.2, 0) is 23.9 Å². The van der Waals surface area contributed by atoms with Crippen molar-refractivity contribution < 1.29 is 36.7 Å². The van der Waals surface area contributed by atoms with Gasteiger partial charge in [0.1, 0.15) is 12.3 Å². The molecule has 2 amide bonds. The van der Waals surface area contributed by atoms with Crippen LogP contribution < -0.4 is 9.47 Å². The normalized spacial score (nSPS) is 11.4. The summed E-state index contributed by atoms with van der Waals surface area (Å²) in [5.74, 6) is 0.686. The third kappa shape index (κ3) is 7.30. The summed E-state index contributed by atoms with van der Waals surface area (Å²) >= 11 is 0. The minimum Gasteiger partial charge on any atom is -0.493 e. The maximum atomic E-state index is 13.5. The molecule has 2 aromatic carbocycles. The van der Waals surface area contributed by atoms with Crippen LogP contribution in [0.25, 0.3) is 0 Å². The molecule has 0 spiro atoms. The molecule has 0 saturated carbocycles. The first-order valence-electron chi connectivity index (χ1n) is 12.0. The van der Waals surface area contributed by atoms with Gasteiger partial charge >= 0.3 is 6.18 Å². The molecule has 3 rings (SSSR count). The van der Waals surface area contributed by atoms with Crippen molar-refractivity contribution in [3.63, 3.8) is 0 Å². The minimum absolute atomic E-state index is 0.135. The van der Waals surface area contributed by atoms with Crippen LogP contribution in [0.1, 0.15) is 41.1 Å². The fraction of sp³-hybridized carbons (Fsp3) is 0.357. The number of hydrogen-bond acceptors (Lipinski definition) is 5. The summed E-state index contributed by atoms with van der Waals surface area (Å²) in [7, 11) is 3.08. The van der Waals surface area contributed by atoms with Crippen molar-refractivity contribution >= 4 is 11.8 Å². The molecule has 38 heavy (non-hydrogen) atoms. The van der Waals surface area contributed by atoms with Crippen molar-refractivity contribution in [2.24, 2.45) is 0 Å². The maximum absolute atomic E-state index is 13.5.